The normalized spacial score (nSPS) is 38.8. The molecule has 24 heavy (non-hydrogen) atoms. The predicted octanol–water partition coefficient (Wildman–Crippen LogP) is 2.99. The first-order valence-electron chi connectivity index (χ1n) is 8.43. The molecule has 2 aliphatic carbocycles. The maximum absolute atomic E-state index is 13.8. The van der Waals surface area contributed by atoms with Crippen molar-refractivity contribution in [2.45, 2.75) is 39.2 Å². The SMILES string of the molecule is CO[P@@](=O)(c1ccccc1)N1[C@H]2C[C@@H]3CC[C@@]2(CS1(=O)=O)C3(C)C. The lowest BCUT2D eigenvalue weighted by Gasteiger charge is -2.38. The fraction of sp³-hybridized carbons (Fsp3) is 0.647. The summed E-state index contributed by atoms with van der Waals surface area (Å²) >= 11 is 0. The number of fused-ring (bicyclic) bond motifs is 1. The Morgan fingerprint density at radius 2 is 1.92 bits per heavy atom. The summed E-state index contributed by atoms with van der Waals surface area (Å²) < 4.78 is 46.6. The Balaban J connectivity index is 1.89. The summed E-state index contributed by atoms with van der Waals surface area (Å²) in [7, 11) is -5.92. The van der Waals surface area contributed by atoms with Crippen LogP contribution in [0.5, 0.6) is 0 Å². The second-order valence-electron chi connectivity index (χ2n) is 7.93. The van der Waals surface area contributed by atoms with Crippen LogP contribution in [0.25, 0.3) is 0 Å². The number of benzene rings is 1. The predicted molar refractivity (Wildman–Crippen MR) is 93.7 cm³/mol. The number of nitrogens with zero attached hydrogens (tertiary/aromatic N) is 1. The van der Waals surface area contributed by atoms with Crippen LogP contribution in [0.1, 0.15) is 33.1 Å². The Kier molecular flexibility index (Phi) is 3.45. The second-order valence-corrected chi connectivity index (χ2v) is 12.4. The Hall–Kier alpha value is -0.680. The van der Waals surface area contributed by atoms with Gasteiger partial charge in [-0.2, -0.15) is 0 Å². The maximum Gasteiger partial charge on any atom is 0.315 e. The van der Waals surface area contributed by atoms with E-state index in [2.05, 4.69) is 13.8 Å². The summed E-state index contributed by atoms with van der Waals surface area (Å²) in [6.45, 7) is 4.37. The average Bonchev–Trinajstić information content (AvgIpc) is 3.02. The van der Waals surface area contributed by atoms with Gasteiger partial charge >= 0.3 is 7.52 Å². The zero-order valence-electron chi connectivity index (χ0n) is 14.3. The van der Waals surface area contributed by atoms with Gasteiger partial charge in [0.15, 0.2) is 0 Å². The first-order chi connectivity index (χ1) is 11.2. The molecule has 4 rings (SSSR count). The Bertz CT molecular complexity index is 822. The van der Waals surface area contributed by atoms with Gasteiger partial charge in [0.1, 0.15) is 0 Å². The van der Waals surface area contributed by atoms with Crippen LogP contribution < -0.4 is 5.30 Å². The van der Waals surface area contributed by atoms with Crippen molar-refractivity contribution in [2.75, 3.05) is 12.9 Å². The van der Waals surface area contributed by atoms with Crippen LogP contribution in [0, 0.1) is 16.7 Å². The molecule has 1 aromatic carbocycles. The molecular weight excluding hydrogens is 345 g/mol. The molecule has 1 spiro atoms. The number of rotatable bonds is 3. The van der Waals surface area contributed by atoms with Crippen molar-refractivity contribution in [3.05, 3.63) is 30.3 Å². The lowest BCUT2D eigenvalue weighted by atomic mass is 9.69. The molecule has 1 saturated heterocycles. The zero-order valence-corrected chi connectivity index (χ0v) is 16.0. The van der Waals surface area contributed by atoms with Crippen molar-refractivity contribution < 1.29 is 17.5 Å². The van der Waals surface area contributed by atoms with Crippen molar-refractivity contribution in [1.29, 1.82) is 0 Å². The van der Waals surface area contributed by atoms with E-state index in [4.69, 9.17) is 4.52 Å². The van der Waals surface area contributed by atoms with Gasteiger partial charge in [-0.05, 0) is 42.7 Å². The quantitative estimate of drug-likeness (QED) is 0.769. The molecule has 0 unspecified atom stereocenters. The fourth-order valence-electron chi connectivity index (χ4n) is 5.53. The van der Waals surface area contributed by atoms with Crippen LogP contribution in [0.15, 0.2) is 30.3 Å². The van der Waals surface area contributed by atoms with Gasteiger partial charge in [-0.1, -0.05) is 32.0 Å². The van der Waals surface area contributed by atoms with E-state index in [9.17, 15) is 13.0 Å². The van der Waals surface area contributed by atoms with Gasteiger partial charge in [0.25, 0.3) is 0 Å². The molecule has 0 amide bonds. The molecule has 1 heterocycles. The van der Waals surface area contributed by atoms with Crippen LogP contribution in [0.4, 0.5) is 0 Å². The van der Waals surface area contributed by atoms with Gasteiger partial charge < -0.3 is 4.52 Å². The van der Waals surface area contributed by atoms with E-state index in [1.807, 2.05) is 6.07 Å². The molecule has 7 heteroatoms. The van der Waals surface area contributed by atoms with Gasteiger partial charge in [0.2, 0.25) is 10.0 Å². The van der Waals surface area contributed by atoms with E-state index in [-0.39, 0.29) is 22.6 Å². The van der Waals surface area contributed by atoms with Gasteiger partial charge in [-0.25, -0.2) is 8.42 Å². The molecule has 132 valence electrons. The Morgan fingerprint density at radius 3 is 2.50 bits per heavy atom. The average molecular weight is 369 g/mol. The standard InChI is InChI=1S/C17H24NO4PS/c1-16(2)13-9-10-17(16)12-24(20,21)18(15(17)11-13)23(19,22-3)14-7-5-4-6-8-14/h4-8,13,15H,9-12H2,1-3H3/t13-,15-,17-,23-/m0/s1. The lowest BCUT2D eigenvalue weighted by Crippen LogP contribution is -2.41. The van der Waals surface area contributed by atoms with E-state index in [1.165, 1.54) is 11.2 Å². The smallest absolute Gasteiger partial charge is 0.315 e. The molecule has 4 atom stereocenters. The van der Waals surface area contributed by atoms with E-state index in [0.29, 0.717) is 11.2 Å². The van der Waals surface area contributed by atoms with Gasteiger partial charge in [0.05, 0.1) is 11.1 Å². The minimum atomic E-state index is -3.64. The molecule has 0 N–H and O–H groups in total. The first-order valence-corrected chi connectivity index (χ1v) is 11.6. The third kappa shape index (κ3) is 1.83. The monoisotopic (exact) mass is 369 g/mol. The third-order valence-electron chi connectivity index (χ3n) is 6.97. The molecule has 1 aliphatic heterocycles. The Morgan fingerprint density at radius 1 is 1.25 bits per heavy atom. The highest BCUT2D eigenvalue weighted by Crippen LogP contribution is 2.74. The van der Waals surface area contributed by atoms with E-state index >= 15 is 0 Å². The van der Waals surface area contributed by atoms with E-state index < -0.39 is 17.5 Å². The van der Waals surface area contributed by atoms with Gasteiger partial charge in [-0.15, -0.1) is 4.08 Å². The van der Waals surface area contributed by atoms with Crippen LogP contribution in [0.3, 0.4) is 0 Å². The van der Waals surface area contributed by atoms with Gasteiger partial charge in [0, 0.05) is 18.6 Å². The largest absolute Gasteiger partial charge is 0.317 e. The minimum Gasteiger partial charge on any atom is -0.317 e. The lowest BCUT2D eigenvalue weighted by molar-refractivity contribution is 0.129. The summed E-state index contributed by atoms with van der Waals surface area (Å²) in [5.74, 6) is 0.579. The summed E-state index contributed by atoms with van der Waals surface area (Å²) in [4.78, 5) is 0. The van der Waals surface area contributed by atoms with E-state index in [1.54, 1.807) is 24.3 Å². The highest BCUT2D eigenvalue weighted by Gasteiger charge is 2.74. The van der Waals surface area contributed by atoms with Crippen LogP contribution in [-0.4, -0.2) is 31.4 Å². The number of sulfonamides is 1. The zero-order chi connectivity index (χ0) is 17.4. The van der Waals surface area contributed by atoms with Crippen molar-refractivity contribution in [3.8, 4) is 0 Å². The van der Waals surface area contributed by atoms with E-state index in [0.717, 1.165) is 19.3 Å². The summed E-state index contributed by atoms with van der Waals surface area (Å²) in [5, 5.41) is 0.453. The van der Waals surface area contributed by atoms with Gasteiger partial charge in [-0.3, -0.25) is 4.57 Å². The fourth-order valence-corrected chi connectivity index (χ4v) is 11.5. The number of hydrogen-bond donors (Lipinski definition) is 0. The topological polar surface area (TPSA) is 63.7 Å². The molecular formula is C17H24NO4PS. The molecule has 1 aromatic rings. The molecule has 2 saturated carbocycles. The van der Waals surface area contributed by atoms with Crippen molar-refractivity contribution in [3.63, 3.8) is 0 Å². The third-order valence-corrected chi connectivity index (χ3v) is 12.3. The Labute approximate surface area is 143 Å². The van der Waals surface area contributed by atoms with Crippen LogP contribution in [-0.2, 0) is 19.1 Å². The van der Waals surface area contributed by atoms with Crippen LogP contribution in [0.2, 0.25) is 0 Å². The van der Waals surface area contributed by atoms with Crippen LogP contribution >= 0.6 is 7.52 Å². The summed E-state index contributed by atoms with van der Waals surface area (Å²) in [6.07, 6.45) is 2.74. The minimum absolute atomic E-state index is 0.0469. The highest BCUT2D eigenvalue weighted by atomic mass is 32.2. The molecule has 3 aliphatic rings. The van der Waals surface area contributed by atoms with Crippen molar-refractivity contribution >= 4 is 22.8 Å². The summed E-state index contributed by atoms with van der Waals surface area (Å²) in [6, 6.07) is 8.53. The molecule has 5 nitrogen and oxygen atoms in total. The maximum atomic E-state index is 13.8. The van der Waals surface area contributed by atoms with Crippen molar-refractivity contribution in [1.82, 2.24) is 4.08 Å². The molecule has 0 radical (unpaired) electrons. The molecule has 0 aromatic heterocycles. The first kappa shape index (κ1) is 16.8. The van der Waals surface area contributed by atoms with Crippen molar-refractivity contribution in [2.24, 2.45) is 16.7 Å². The second kappa shape index (κ2) is 4.94. The number of hydrogen-bond acceptors (Lipinski definition) is 4. The molecule has 3 fully saturated rings. The highest BCUT2D eigenvalue weighted by molar-refractivity contribution is 7.96. The summed E-state index contributed by atoms with van der Waals surface area (Å²) in [5.41, 5.74) is -0.353. The molecule has 2 bridgehead atoms.